The zero-order valence-corrected chi connectivity index (χ0v) is 19.8. The van der Waals surface area contributed by atoms with Gasteiger partial charge in [-0.3, -0.25) is 9.38 Å². The highest BCUT2D eigenvalue weighted by atomic mass is 16.5. The lowest BCUT2D eigenvalue weighted by Gasteiger charge is -2.23. The zero-order valence-electron chi connectivity index (χ0n) is 19.8. The number of nitrogens with one attached hydrogen (secondary N) is 1. The quantitative estimate of drug-likeness (QED) is 0.339. The Hall–Kier alpha value is -3.03. The van der Waals surface area contributed by atoms with E-state index in [1.165, 1.54) is 11.1 Å². The number of rotatable bonds is 7. The molecule has 0 bridgehead atoms. The second kappa shape index (κ2) is 9.08. The van der Waals surface area contributed by atoms with Crippen LogP contribution in [0.5, 0.6) is 0 Å². The molecule has 0 aliphatic carbocycles. The van der Waals surface area contributed by atoms with Gasteiger partial charge in [-0.05, 0) is 48.2 Å². The van der Waals surface area contributed by atoms with Crippen molar-refractivity contribution in [3.63, 3.8) is 0 Å². The van der Waals surface area contributed by atoms with Crippen molar-refractivity contribution in [2.45, 2.75) is 25.2 Å². The molecule has 5 rings (SSSR count). The highest BCUT2D eigenvalue weighted by molar-refractivity contribution is 5.83. The molecule has 0 atom stereocenters. The molecule has 0 saturated carbocycles. The summed E-state index contributed by atoms with van der Waals surface area (Å²) in [6, 6.07) is 15.1. The first kappa shape index (κ1) is 21.8. The highest BCUT2D eigenvalue weighted by Gasteiger charge is 2.22. The van der Waals surface area contributed by atoms with E-state index in [1.807, 2.05) is 6.20 Å². The molecule has 7 heteroatoms. The Morgan fingerprint density at radius 2 is 1.76 bits per heavy atom. The molecule has 2 aromatic carbocycles. The van der Waals surface area contributed by atoms with Crippen LogP contribution in [-0.4, -0.2) is 71.5 Å². The highest BCUT2D eigenvalue weighted by Crippen LogP contribution is 2.30. The molecule has 2 aromatic heterocycles. The Morgan fingerprint density at radius 1 is 1.00 bits per heavy atom. The molecule has 0 unspecified atom stereocenters. The number of benzene rings is 2. The third-order valence-electron chi connectivity index (χ3n) is 6.39. The van der Waals surface area contributed by atoms with Gasteiger partial charge in [0.05, 0.1) is 44.9 Å². The predicted molar refractivity (Wildman–Crippen MR) is 133 cm³/mol. The van der Waals surface area contributed by atoms with Gasteiger partial charge in [-0.2, -0.15) is 0 Å². The van der Waals surface area contributed by atoms with Gasteiger partial charge in [0.1, 0.15) is 5.82 Å². The van der Waals surface area contributed by atoms with Crippen LogP contribution in [0.2, 0.25) is 0 Å². The van der Waals surface area contributed by atoms with Crippen molar-refractivity contribution in [2.24, 2.45) is 0 Å². The van der Waals surface area contributed by atoms with E-state index in [0.717, 1.165) is 78.2 Å². The van der Waals surface area contributed by atoms with Gasteiger partial charge in [0, 0.05) is 37.8 Å². The number of nitrogens with zero attached hydrogens (tertiary/aromatic N) is 5. The van der Waals surface area contributed by atoms with Crippen molar-refractivity contribution >= 4 is 22.4 Å². The molecule has 7 nitrogen and oxygen atoms in total. The summed E-state index contributed by atoms with van der Waals surface area (Å²) in [7, 11) is 6.69. The van der Waals surface area contributed by atoms with E-state index in [1.54, 1.807) is 0 Å². The number of hydrogen-bond donors (Lipinski definition) is 1. The Labute approximate surface area is 195 Å². The van der Waals surface area contributed by atoms with E-state index >= 15 is 0 Å². The fraction of sp³-hybridized carbons (Fsp3) is 0.423. The molecule has 1 aliphatic rings. The average Bonchev–Trinajstić information content (AvgIpc) is 3.27. The minimum atomic E-state index is 0.366. The maximum Gasteiger partial charge on any atom is 0.179 e. The molecule has 0 radical (unpaired) electrons. The predicted octanol–water partition coefficient (Wildman–Crippen LogP) is 4.35. The van der Waals surface area contributed by atoms with Gasteiger partial charge in [0.2, 0.25) is 0 Å². The third kappa shape index (κ3) is 4.84. The molecule has 172 valence electrons. The zero-order chi connectivity index (χ0) is 22.8. The van der Waals surface area contributed by atoms with Crippen LogP contribution in [0.4, 0.5) is 5.69 Å². The van der Waals surface area contributed by atoms with Crippen LogP contribution < -0.4 is 5.32 Å². The maximum absolute atomic E-state index is 5.55. The van der Waals surface area contributed by atoms with Crippen molar-refractivity contribution in [1.29, 1.82) is 0 Å². The summed E-state index contributed by atoms with van der Waals surface area (Å²) < 4.78 is 8.73. The Kier molecular flexibility index (Phi) is 6.00. The number of hydrogen-bond acceptors (Lipinski definition) is 5. The second-order valence-electron chi connectivity index (χ2n) is 9.97. The van der Waals surface area contributed by atoms with E-state index in [9.17, 15) is 0 Å². The summed E-state index contributed by atoms with van der Waals surface area (Å²) in [6.45, 7) is 3.70. The molecule has 1 aliphatic heterocycles. The fourth-order valence-corrected chi connectivity index (χ4v) is 4.54. The van der Waals surface area contributed by atoms with Crippen LogP contribution in [0.3, 0.4) is 0 Å². The minimum absolute atomic E-state index is 0.366. The van der Waals surface area contributed by atoms with E-state index in [4.69, 9.17) is 4.74 Å². The molecule has 1 N–H and O–H groups in total. The van der Waals surface area contributed by atoms with Gasteiger partial charge in [-0.1, -0.05) is 18.2 Å². The van der Waals surface area contributed by atoms with Gasteiger partial charge < -0.3 is 14.5 Å². The Bertz CT molecular complexity index is 1240. The summed E-state index contributed by atoms with van der Waals surface area (Å²) in [5, 5.41) is 12.5. The van der Waals surface area contributed by atoms with Gasteiger partial charge in [0.15, 0.2) is 5.65 Å². The van der Waals surface area contributed by atoms with Gasteiger partial charge >= 0.3 is 0 Å². The first-order valence-corrected chi connectivity index (χ1v) is 11.8. The number of ether oxygens (including phenoxy) is 1. The fourth-order valence-electron chi connectivity index (χ4n) is 4.54. The monoisotopic (exact) mass is 445 g/mol. The second-order valence-corrected chi connectivity index (χ2v) is 9.97. The maximum atomic E-state index is 5.55. The number of fused-ring (bicyclic) bond motifs is 3. The van der Waals surface area contributed by atoms with Gasteiger partial charge in [-0.15, -0.1) is 10.2 Å². The standard InChI is InChI=1S/C26H33N6O/c1-32(2,3)14-4-13-27-22-8-5-19(6-9-22)21-7-10-23-24(17-21)31-25(18-28-23)29-30-26(31)20-11-15-33-16-12-20/h5-10,17-18,20,27H,4,11-16H2,1-3H3/q+1. The number of anilines is 1. The molecular formula is C26H33N6O+. The van der Waals surface area contributed by atoms with Crippen LogP contribution in [0.1, 0.15) is 31.0 Å². The topological polar surface area (TPSA) is 64.3 Å². The van der Waals surface area contributed by atoms with Gasteiger partial charge in [0.25, 0.3) is 0 Å². The minimum Gasteiger partial charge on any atom is -0.385 e. The van der Waals surface area contributed by atoms with Crippen molar-refractivity contribution in [2.75, 3.05) is 52.8 Å². The van der Waals surface area contributed by atoms with Crippen molar-refractivity contribution in [3.05, 3.63) is 54.5 Å². The summed E-state index contributed by atoms with van der Waals surface area (Å²) in [5.41, 5.74) is 6.32. The summed E-state index contributed by atoms with van der Waals surface area (Å²) in [4.78, 5) is 4.62. The van der Waals surface area contributed by atoms with E-state index in [-0.39, 0.29) is 0 Å². The smallest absolute Gasteiger partial charge is 0.179 e. The molecule has 1 fully saturated rings. The normalized spacial score (nSPS) is 15.4. The van der Waals surface area contributed by atoms with Crippen LogP contribution in [0, 0.1) is 0 Å². The van der Waals surface area contributed by atoms with Crippen molar-refractivity contribution in [1.82, 2.24) is 19.6 Å². The first-order chi connectivity index (χ1) is 16.0. The van der Waals surface area contributed by atoms with Crippen LogP contribution >= 0.6 is 0 Å². The van der Waals surface area contributed by atoms with Crippen molar-refractivity contribution < 1.29 is 9.22 Å². The molecule has 0 amide bonds. The molecule has 1 saturated heterocycles. The van der Waals surface area contributed by atoms with E-state index in [0.29, 0.717) is 5.92 Å². The number of quaternary nitrogens is 1. The summed E-state index contributed by atoms with van der Waals surface area (Å²) >= 11 is 0. The third-order valence-corrected chi connectivity index (χ3v) is 6.39. The van der Waals surface area contributed by atoms with E-state index < -0.39 is 0 Å². The molecule has 4 aromatic rings. The molecule has 0 spiro atoms. The van der Waals surface area contributed by atoms with Crippen LogP contribution in [-0.2, 0) is 4.74 Å². The molecule has 33 heavy (non-hydrogen) atoms. The average molecular weight is 446 g/mol. The van der Waals surface area contributed by atoms with Gasteiger partial charge in [-0.25, -0.2) is 0 Å². The largest absolute Gasteiger partial charge is 0.385 e. The SMILES string of the molecule is C[N+](C)(C)CCCNc1ccc(-c2ccc3ncc4nnc(C5CCOCC5)n4c3c2)cc1. The van der Waals surface area contributed by atoms with Crippen LogP contribution in [0.15, 0.2) is 48.7 Å². The Morgan fingerprint density at radius 3 is 2.52 bits per heavy atom. The summed E-state index contributed by atoms with van der Waals surface area (Å²) in [6.07, 6.45) is 4.92. The molecular weight excluding hydrogens is 412 g/mol. The van der Waals surface area contributed by atoms with Crippen LogP contribution in [0.25, 0.3) is 27.8 Å². The first-order valence-electron chi connectivity index (χ1n) is 11.8. The number of aromatic nitrogens is 4. The molecule has 3 heterocycles. The lowest BCUT2D eigenvalue weighted by atomic mass is 9.99. The van der Waals surface area contributed by atoms with Crippen molar-refractivity contribution in [3.8, 4) is 11.1 Å². The lowest BCUT2D eigenvalue weighted by Crippen LogP contribution is -2.36. The Balaban J connectivity index is 1.40. The summed E-state index contributed by atoms with van der Waals surface area (Å²) in [5.74, 6) is 1.39. The van der Waals surface area contributed by atoms with E-state index in [2.05, 4.69) is 88.5 Å². The lowest BCUT2D eigenvalue weighted by molar-refractivity contribution is -0.870.